The van der Waals surface area contributed by atoms with Crippen molar-refractivity contribution in [3.05, 3.63) is 35.9 Å². The number of hydrogen-bond acceptors (Lipinski definition) is 7. The van der Waals surface area contributed by atoms with E-state index in [0.29, 0.717) is 0 Å². The van der Waals surface area contributed by atoms with Gasteiger partial charge in [-0.25, -0.2) is 15.0 Å². The number of carbonyl (C=O) groups excluding carboxylic acids is 3. The highest BCUT2D eigenvalue weighted by Crippen LogP contribution is 2.10. The molecule has 10 heteroatoms. The van der Waals surface area contributed by atoms with Crippen LogP contribution in [0.15, 0.2) is 30.3 Å². The number of hydrogen-bond donors (Lipinski definition) is 4. The number of ether oxygens (including phenoxy) is 1. The SMILES string of the molecule is C[C@H](NC(=O)[C@H](CCC(=O)NO)NSI)C(=O)OCc1ccccc1. The largest absolute Gasteiger partial charge is 0.459 e. The van der Waals surface area contributed by atoms with Crippen molar-refractivity contribution in [1.82, 2.24) is 15.5 Å². The number of benzene rings is 1. The molecule has 2 amide bonds. The molecule has 0 bridgehead atoms. The van der Waals surface area contributed by atoms with Crippen molar-refractivity contribution in [1.29, 1.82) is 0 Å². The molecule has 0 radical (unpaired) electrons. The molecule has 0 aromatic heterocycles. The smallest absolute Gasteiger partial charge is 0.328 e. The van der Waals surface area contributed by atoms with Crippen molar-refractivity contribution in [2.45, 2.75) is 38.5 Å². The minimum Gasteiger partial charge on any atom is -0.459 e. The molecule has 1 aromatic carbocycles. The Morgan fingerprint density at radius 2 is 1.96 bits per heavy atom. The summed E-state index contributed by atoms with van der Waals surface area (Å²) in [5.41, 5.74) is 2.36. The number of amides is 2. The normalized spacial score (nSPS) is 12.8. The average molecular weight is 481 g/mol. The Bertz CT molecular complexity index is 576. The number of hydroxylamine groups is 1. The summed E-state index contributed by atoms with van der Waals surface area (Å²) in [6, 6.07) is 7.70. The fraction of sp³-hybridized carbons (Fsp3) is 0.400. The van der Waals surface area contributed by atoms with Crippen LogP contribution in [0.5, 0.6) is 0 Å². The summed E-state index contributed by atoms with van der Waals surface area (Å²) in [7, 11) is 1.19. The number of esters is 1. The third-order valence-electron chi connectivity index (χ3n) is 3.22. The number of carbonyl (C=O) groups is 3. The molecule has 0 unspecified atom stereocenters. The highest BCUT2D eigenvalue weighted by atomic mass is 127. The van der Waals surface area contributed by atoms with Gasteiger partial charge in [-0.15, -0.1) is 0 Å². The second-order valence-corrected chi connectivity index (χ2v) is 6.86. The highest BCUT2D eigenvalue weighted by Gasteiger charge is 2.24. The summed E-state index contributed by atoms with van der Waals surface area (Å²) in [5, 5.41) is 11.1. The molecule has 0 saturated carbocycles. The Kier molecular flexibility index (Phi) is 10.5. The summed E-state index contributed by atoms with van der Waals surface area (Å²) < 4.78 is 8.01. The van der Waals surface area contributed by atoms with Gasteiger partial charge in [0.25, 0.3) is 0 Å². The lowest BCUT2D eigenvalue weighted by Crippen LogP contribution is -2.48. The topological polar surface area (TPSA) is 117 Å². The van der Waals surface area contributed by atoms with Crippen LogP contribution in [-0.4, -0.2) is 35.1 Å². The van der Waals surface area contributed by atoms with Crippen LogP contribution >= 0.6 is 30.3 Å². The Labute approximate surface area is 162 Å². The molecule has 1 rings (SSSR count). The summed E-state index contributed by atoms with van der Waals surface area (Å²) in [6.45, 7) is 1.65. The maximum atomic E-state index is 12.2. The summed E-state index contributed by atoms with van der Waals surface area (Å²) in [6.07, 6.45) is 0.131. The van der Waals surface area contributed by atoms with Crippen molar-refractivity contribution >= 4 is 48.1 Å². The molecule has 0 fully saturated rings. The highest BCUT2D eigenvalue weighted by molar-refractivity contribution is 14.2. The van der Waals surface area contributed by atoms with Gasteiger partial charge >= 0.3 is 5.97 Å². The van der Waals surface area contributed by atoms with E-state index in [-0.39, 0.29) is 19.4 Å². The molecule has 0 aliphatic heterocycles. The van der Waals surface area contributed by atoms with E-state index in [2.05, 4.69) is 10.0 Å². The predicted molar refractivity (Wildman–Crippen MR) is 102 cm³/mol. The predicted octanol–water partition coefficient (Wildman–Crippen LogP) is 1.48. The quantitative estimate of drug-likeness (QED) is 0.132. The summed E-state index contributed by atoms with van der Waals surface area (Å²) in [5.74, 6) is -1.57. The molecule has 25 heavy (non-hydrogen) atoms. The first-order valence-electron chi connectivity index (χ1n) is 7.45. The molecule has 0 aliphatic carbocycles. The third kappa shape index (κ3) is 8.52. The van der Waals surface area contributed by atoms with E-state index in [1.807, 2.05) is 51.5 Å². The standard InChI is InChI=1S/C15H20IN3O5S/c1-10(15(22)24-9-11-5-3-2-4-6-11)17-14(21)12(19-25-16)7-8-13(20)18-23/h2-6,10,12,19,23H,7-9H2,1H3,(H,17,21)(H,18,20)/t10-,12-/m0/s1. The first-order chi connectivity index (χ1) is 12.0. The van der Waals surface area contributed by atoms with E-state index in [1.165, 1.54) is 21.5 Å². The fourth-order valence-electron chi connectivity index (χ4n) is 1.86. The lowest BCUT2D eigenvalue weighted by Gasteiger charge is -2.19. The molecule has 2 atom stereocenters. The van der Waals surface area contributed by atoms with E-state index in [4.69, 9.17) is 9.94 Å². The minimum absolute atomic E-state index is 0.0361. The van der Waals surface area contributed by atoms with Gasteiger partial charge < -0.3 is 10.1 Å². The van der Waals surface area contributed by atoms with E-state index in [9.17, 15) is 14.4 Å². The van der Waals surface area contributed by atoms with Gasteiger partial charge in [0.15, 0.2) is 0 Å². The zero-order valence-electron chi connectivity index (χ0n) is 13.5. The van der Waals surface area contributed by atoms with Gasteiger partial charge in [-0.2, -0.15) is 0 Å². The first-order valence-corrected chi connectivity index (χ1v) is 10.8. The number of halogens is 1. The van der Waals surface area contributed by atoms with Gasteiger partial charge in [-0.1, -0.05) is 30.3 Å². The van der Waals surface area contributed by atoms with Crippen molar-refractivity contribution < 1.29 is 24.3 Å². The second kappa shape index (κ2) is 12.1. The van der Waals surface area contributed by atoms with Crippen LogP contribution in [0.25, 0.3) is 0 Å². The van der Waals surface area contributed by atoms with Gasteiger partial charge in [-0.05, 0) is 28.0 Å². The molecular formula is C15H20IN3O5S. The third-order valence-corrected chi connectivity index (χ3v) is 4.36. The zero-order chi connectivity index (χ0) is 18.7. The summed E-state index contributed by atoms with van der Waals surface area (Å²) >= 11 is 1.95. The Hall–Kier alpha value is -1.37. The molecule has 0 spiro atoms. The average Bonchev–Trinajstić information content (AvgIpc) is 2.63. The molecule has 0 aliphatic rings. The van der Waals surface area contributed by atoms with Crippen molar-refractivity contribution in [3.8, 4) is 0 Å². The number of rotatable bonds is 10. The molecule has 138 valence electrons. The van der Waals surface area contributed by atoms with Crippen LogP contribution < -0.4 is 15.5 Å². The lowest BCUT2D eigenvalue weighted by atomic mass is 10.1. The van der Waals surface area contributed by atoms with Gasteiger partial charge in [0.2, 0.25) is 11.8 Å². The van der Waals surface area contributed by atoms with Crippen molar-refractivity contribution in [2.75, 3.05) is 0 Å². The van der Waals surface area contributed by atoms with Crippen LogP contribution in [-0.2, 0) is 25.7 Å². The lowest BCUT2D eigenvalue weighted by molar-refractivity contribution is -0.148. The number of nitrogens with one attached hydrogen (secondary N) is 3. The molecule has 1 aromatic rings. The second-order valence-electron chi connectivity index (χ2n) is 5.14. The first kappa shape index (κ1) is 21.7. The van der Waals surface area contributed by atoms with Crippen LogP contribution in [0, 0.1) is 0 Å². The zero-order valence-corrected chi connectivity index (χ0v) is 16.5. The van der Waals surface area contributed by atoms with Crippen molar-refractivity contribution in [3.63, 3.8) is 0 Å². The van der Waals surface area contributed by atoms with Gasteiger partial charge in [-0.3, -0.25) is 14.8 Å². The van der Waals surface area contributed by atoms with Crippen LogP contribution in [0.1, 0.15) is 25.3 Å². The Balaban J connectivity index is 2.47. The molecule has 8 nitrogen and oxygen atoms in total. The maximum Gasteiger partial charge on any atom is 0.328 e. The summed E-state index contributed by atoms with van der Waals surface area (Å²) in [4.78, 5) is 35.3. The Morgan fingerprint density at radius 3 is 2.56 bits per heavy atom. The van der Waals surface area contributed by atoms with Gasteiger partial charge in [0.1, 0.15) is 12.6 Å². The van der Waals surface area contributed by atoms with Gasteiger partial charge in [0, 0.05) is 27.6 Å². The molecule has 0 saturated heterocycles. The Morgan fingerprint density at radius 1 is 1.28 bits per heavy atom. The monoisotopic (exact) mass is 481 g/mol. The van der Waals surface area contributed by atoms with E-state index in [1.54, 1.807) is 0 Å². The molecule has 0 heterocycles. The van der Waals surface area contributed by atoms with Crippen molar-refractivity contribution in [2.24, 2.45) is 0 Å². The van der Waals surface area contributed by atoms with Gasteiger partial charge in [0.05, 0.1) is 6.04 Å². The van der Waals surface area contributed by atoms with Crippen LogP contribution in [0.4, 0.5) is 0 Å². The fourth-order valence-corrected chi connectivity index (χ4v) is 3.11. The van der Waals surface area contributed by atoms with E-state index in [0.717, 1.165) is 5.56 Å². The molecule has 4 N–H and O–H groups in total. The van der Waals surface area contributed by atoms with E-state index < -0.39 is 29.9 Å². The maximum absolute atomic E-state index is 12.2. The van der Waals surface area contributed by atoms with Crippen LogP contribution in [0.3, 0.4) is 0 Å². The van der Waals surface area contributed by atoms with Crippen LogP contribution in [0.2, 0.25) is 0 Å². The molecular weight excluding hydrogens is 461 g/mol. The minimum atomic E-state index is -0.827. The van der Waals surface area contributed by atoms with E-state index >= 15 is 0 Å².